The predicted octanol–water partition coefficient (Wildman–Crippen LogP) is 3.04. The van der Waals surface area contributed by atoms with Gasteiger partial charge in [-0.1, -0.05) is 0 Å². The fourth-order valence-electron chi connectivity index (χ4n) is 2.78. The van der Waals surface area contributed by atoms with Crippen LogP contribution in [0.5, 0.6) is 0 Å². The second kappa shape index (κ2) is 7.34. The first-order valence-electron chi connectivity index (χ1n) is 7.46. The number of nitrogens with zero attached hydrogens (tertiary/aromatic N) is 2. The maximum Gasteiger partial charge on any atom is 0.306 e. The van der Waals surface area contributed by atoms with Crippen LogP contribution in [0.1, 0.15) is 26.2 Å². The van der Waals surface area contributed by atoms with Crippen LogP contribution >= 0.6 is 0 Å². The number of rotatable bonds is 5. The number of hydrogen-bond acceptors (Lipinski definition) is 5. The number of non-ortho nitro benzene ring substituents is 1. The zero-order valence-electron chi connectivity index (χ0n) is 12.8. The zero-order chi connectivity index (χ0) is 17.0. The van der Waals surface area contributed by atoms with Gasteiger partial charge in [0.05, 0.1) is 23.7 Å². The van der Waals surface area contributed by atoms with Gasteiger partial charge in [0.15, 0.2) is 11.6 Å². The number of ether oxygens (including phenoxy) is 1. The van der Waals surface area contributed by atoms with E-state index in [-0.39, 0.29) is 17.6 Å². The maximum atomic E-state index is 14.0. The van der Waals surface area contributed by atoms with E-state index in [1.165, 1.54) is 4.90 Å². The second-order valence-electron chi connectivity index (χ2n) is 5.45. The van der Waals surface area contributed by atoms with Crippen LogP contribution in [0.2, 0.25) is 0 Å². The Labute approximate surface area is 132 Å². The number of halogens is 2. The molecule has 0 N–H and O–H groups in total. The Kier molecular flexibility index (Phi) is 5.46. The lowest BCUT2D eigenvalue weighted by Gasteiger charge is -2.33. The molecule has 1 aromatic rings. The summed E-state index contributed by atoms with van der Waals surface area (Å²) in [5.41, 5.74) is -0.855. The van der Waals surface area contributed by atoms with Crippen molar-refractivity contribution in [2.24, 2.45) is 5.92 Å². The molecule has 8 heteroatoms. The minimum atomic E-state index is -0.944. The highest BCUT2D eigenvalue weighted by molar-refractivity contribution is 5.69. The van der Waals surface area contributed by atoms with Crippen LogP contribution in [0.3, 0.4) is 0 Å². The summed E-state index contributed by atoms with van der Waals surface area (Å²) in [7, 11) is 0. The summed E-state index contributed by atoms with van der Waals surface area (Å²) in [5.74, 6) is -2.03. The first kappa shape index (κ1) is 17.1. The summed E-state index contributed by atoms with van der Waals surface area (Å²) in [5, 5.41) is 10.6. The van der Waals surface area contributed by atoms with Gasteiger partial charge in [-0.3, -0.25) is 14.9 Å². The number of carbonyl (C=O) groups is 1. The van der Waals surface area contributed by atoms with Gasteiger partial charge in [0, 0.05) is 19.5 Å². The molecule has 0 aromatic heterocycles. The van der Waals surface area contributed by atoms with Crippen molar-refractivity contribution in [3.63, 3.8) is 0 Å². The molecule has 0 saturated carbocycles. The second-order valence-corrected chi connectivity index (χ2v) is 5.45. The summed E-state index contributed by atoms with van der Waals surface area (Å²) in [6.07, 6.45) is 1.51. The number of anilines is 1. The van der Waals surface area contributed by atoms with E-state index >= 15 is 0 Å². The van der Waals surface area contributed by atoms with E-state index in [9.17, 15) is 23.7 Å². The van der Waals surface area contributed by atoms with Crippen LogP contribution in [0.25, 0.3) is 0 Å². The Bertz CT molecular complexity index is 578. The van der Waals surface area contributed by atoms with Gasteiger partial charge < -0.3 is 9.64 Å². The van der Waals surface area contributed by atoms with Gasteiger partial charge in [-0.05, 0) is 25.7 Å². The lowest BCUT2D eigenvalue weighted by Crippen LogP contribution is -2.35. The first-order valence-corrected chi connectivity index (χ1v) is 7.46. The van der Waals surface area contributed by atoms with Crippen LogP contribution in [-0.2, 0) is 9.53 Å². The van der Waals surface area contributed by atoms with Gasteiger partial charge in [0.25, 0.3) is 5.69 Å². The molecule has 0 spiro atoms. The minimum absolute atomic E-state index is 0.120. The number of hydrogen-bond donors (Lipinski definition) is 0. The van der Waals surface area contributed by atoms with Gasteiger partial charge in [0.2, 0.25) is 0 Å². The molecule has 0 unspecified atom stereocenters. The van der Waals surface area contributed by atoms with Gasteiger partial charge in [-0.15, -0.1) is 0 Å². The monoisotopic (exact) mass is 328 g/mol. The highest BCUT2D eigenvalue weighted by atomic mass is 19.1. The summed E-state index contributed by atoms with van der Waals surface area (Å²) in [6, 6.07) is 1.45. The summed E-state index contributed by atoms with van der Waals surface area (Å²) >= 11 is 0. The van der Waals surface area contributed by atoms with Crippen molar-refractivity contribution in [2.75, 3.05) is 24.6 Å². The molecule has 1 aliphatic heterocycles. The Hall–Kier alpha value is -2.25. The molecule has 2 rings (SSSR count). The van der Waals surface area contributed by atoms with E-state index in [1.54, 1.807) is 6.92 Å². The molecule has 1 aliphatic rings. The lowest BCUT2D eigenvalue weighted by molar-refractivity contribution is -0.385. The van der Waals surface area contributed by atoms with Gasteiger partial charge >= 0.3 is 5.97 Å². The fourth-order valence-corrected chi connectivity index (χ4v) is 2.78. The van der Waals surface area contributed by atoms with Gasteiger partial charge in [-0.25, -0.2) is 8.78 Å². The van der Waals surface area contributed by atoms with E-state index in [4.69, 9.17) is 4.74 Å². The summed E-state index contributed by atoms with van der Waals surface area (Å²) < 4.78 is 32.9. The smallest absolute Gasteiger partial charge is 0.306 e. The van der Waals surface area contributed by atoms with Crippen molar-refractivity contribution in [3.05, 3.63) is 33.9 Å². The van der Waals surface area contributed by atoms with Crippen LogP contribution < -0.4 is 4.90 Å². The van der Waals surface area contributed by atoms with Crippen molar-refractivity contribution >= 4 is 17.3 Å². The molecule has 0 radical (unpaired) electrons. The highest BCUT2D eigenvalue weighted by Gasteiger charge is 2.27. The van der Waals surface area contributed by atoms with E-state index < -0.39 is 22.2 Å². The van der Waals surface area contributed by atoms with Gasteiger partial charge in [-0.2, -0.15) is 0 Å². The van der Waals surface area contributed by atoms with E-state index in [1.807, 2.05) is 0 Å². The Balaban J connectivity index is 2.03. The molecule has 1 heterocycles. The van der Waals surface area contributed by atoms with Crippen LogP contribution in [0, 0.1) is 27.7 Å². The molecule has 0 aliphatic carbocycles. The molecule has 0 amide bonds. The molecule has 23 heavy (non-hydrogen) atoms. The maximum absolute atomic E-state index is 14.0. The topological polar surface area (TPSA) is 72.7 Å². The van der Waals surface area contributed by atoms with Crippen LogP contribution in [0.15, 0.2) is 12.1 Å². The average Bonchev–Trinajstić information content (AvgIpc) is 2.48. The van der Waals surface area contributed by atoms with E-state index in [0.717, 1.165) is 12.1 Å². The van der Waals surface area contributed by atoms with Crippen LogP contribution in [0.4, 0.5) is 20.2 Å². The van der Waals surface area contributed by atoms with Crippen molar-refractivity contribution < 1.29 is 23.2 Å². The number of nitro groups is 1. The predicted molar refractivity (Wildman–Crippen MR) is 79.2 cm³/mol. The Morgan fingerprint density at radius 1 is 1.35 bits per heavy atom. The fraction of sp³-hybridized carbons (Fsp3) is 0.533. The summed E-state index contributed by atoms with van der Waals surface area (Å²) in [4.78, 5) is 22.8. The molecular formula is C15H18F2N2O4. The third-order valence-corrected chi connectivity index (χ3v) is 3.90. The largest absolute Gasteiger partial charge is 0.466 e. The quantitative estimate of drug-likeness (QED) is 0.472. The third kappa shape index (κ3) is 4.14. The number of carbonyl (C=O) groups excluding carboxylic acids is 1. The Morgan fingerprint density at radius 2 is 1.91 bits per heavy atom. The molecule has 1 fully saturated rings. The normalized spacial score (nSPS) is 15.5. The van der Waals surface area contributed by atoms with Crippen molar-refractivity contribution in [1.82, 2.24) is 0 Å². The molecule has 0 bridgehead atoms. The van der Waals surface area contributed by atoms with Crippen molar-refractivity contribution in [2.45, 2.75) is 26.2 Å². The number of piperidine rings is 1. The number of esters is 1. The van der Waals surface area contributed by atoms with E-state index in [2.05, 4.69) is 0 Å². The highest BCUT2D eigenvalue weighted by Crippen LogP contribution is 2.32. The van der Waals surface area contributed by atoms with Crippen molar-refractivity contribution in [3.8, 4) is 0 Å². The average molecular weight is 328 g/mol. The third-order valence-electron chi connectivity index (χ3n) is 3.90. The summed E-state index contributed by atoms with van der Waals surface area (Å²) in [6.45, 7) is 2.84. The molecule has 0 atom stereocenters. The molecule has 1 saturated heterocycles. The molecule has 1 aromatic carbocycles. The SMILES string of the molecule is CCOC(=O)CC1CCN(c2c(F)cc([N+](=O)[O-])cc2F)CC1. The number of benzene rings is 1. The Morgan fingerprint density at radius 3 is 2.39 bits per heavy atom. The van der Waals surface area contributed by atoms with Gasteiger partial charge in [0.1, 0.15) is 5.69 Å². The standard InChI is InChI=1S/C15H18F2N2O4/c1-2-23-14(20)7-10-3-5-18(6-4-10)15-12(16)8-11(19(21)22)9-13(15)17/h8-10H,2-7H2,1H3. The molecule has 6 nitrogen and oxygen atoms in total. The van der Waals surface area contributed by atoms with E-state index in [0.29, 0.717) is 39.0 Å². The van der Waals surface area contributed by atoms with Crippen LogP contribution in [-0.4, -0.2) is 30.6 Å². The zero-order valence-corrected chi connectivity index (χ0v) is 12.8. The molecular weight excluding hydrogens is 310 g/mol. The molecule has 126 valence electrons. The first-order chi connectivity index (χ1) is 10.9. The minimum Gasteiger partial charge on any atom is -0.466 e. The lowest BCUT2D eigenvalue weighted by atomic mass is 9.93. The van der Waals surface area contributed by atoms with Crippen molar-refractivity contribution in [1.29, 1.82) is 0 Å². The number of nitro benzene ring substituents is 1.